The first-order valence-electron chi connectivity index (χ1n) is 6.58. The van der Waals surface area contributed by atoms with Crippen molar-refractivity contribution in [2.45, 2.75) is 39.3 Å². The van der Waals surface area contributed by atoms with Crippen LogP contribution in [0.25, 0.3) is 0 Å². The molecule has 18 heavy (non-hydrogen) atoms. The van der Waals surface area contributed by atoms with E-state index in [9.17, 15) is 9.90 Å². The fraction of sp³-hybridized carbons (Fsp3) is 0.692. The van der Waals surface area contributed by atoms with Crippen molar-refractivity contribution in [2.75, 3.05) is 18.0 Å². The molecule has 0 radical (unpaired) electrons. The van der Waals surface area contributed by atoms with Gasteiger partial charge in [-0.3, -0.25) is 4.79 Å². The first-order chi connectivity index (χ1) is 8.58. The third kappa shape index (κ3) is 2.90. The van der Waals surface area contributed by atoms with Crippen molar-refractivity contribution in [1.29, 1.82) is 0 Å². The second-order valence-corrected chi connectivity index (χ2v) is 5.24. The predicted molar refractivity (Wildman–Crippen MR) is 70.8 cm³/mol. The number of aromatic nitrogens is 2. The summed E-state index contributed by atoms with van der Waals surface area (Å²) >= 11 is 0. The molecule has 0 aliphatic carbocycles. The molecule has 5 heteroatoms. The Labute approximate surface area is 107 Å². The number of nitrogens with zero attached hydrogens (tertiary/aromatic N) is 3. The molecule has 1 unspecified atom stereocenters. The van der Waals surface area contributed by atoms with Gasteiger partial charge in [0.05, 0.1) is 24.5 Å². The zero-order chi connectivity index (χ0) is 13.1. The Morgan fingerprint density at radius 3 is 2.61 bits per heavy atom. The Kier molecular flexibility index (Phi) is 4.01. The molecular weight excluding hydrogens is 230 g/mol. The van der Waals surface area contributed by atoms with Crippen LogP contribution in [0.5, 0.6) is 0 Å². The molecule has 1 aliphatic heterocycles. The first-order valence-corrected chi connectivity index (χ1v) is 6.58. The van der Waals surface area contributed by atoms with Crippen LogP contribution >= 0.6 is 0 Å². The van der Waals surface area contributed by atoms with Gasteiger partial charge in [-0.05, 0) is 18.8 Å². The van der Waals surface area contributed by atoms with Crippen molar-refractivity contribution in [1.82, 2.24) is 9.78 Å². The van der Waals surface area contributed by atoms with Crippen LogP contribution in [0.1, 0.15) is 26.7 Å². The summed E-state index contributed by atoms with van der Waals surface area (Å²) in [6, 6.07) is 1.62. The van der Waals surface area contributed by atoms with Crippen molar-refractivity contribution in [3.8, 4) is 0 Å². The monoisotopic (exact) mass is 251 g/mol. The van der Waals surface area contributed by atoms with Gasteiger partial charge in [-0.2, -0.15) is 5.10 Å². The number of aliphatic hydroxyl groups is 1. The summed E-state index contributed by atoms with van der Waals surface area (Å²) in [5.74, 6) is 0.122. The maximum absolute atomic E-state index is 11.9. The molecule has 0 bridgehead atoms. The van der Waals surface area contributed by atoms with E-state index in [0.717, 1.165) is 18.8 Å². The zero-order valence-corrected chi connectivity index (χ0v) is 11.0. The summed E-state index contributed by atoms with van der Waals surface area (Å²) in [6.45, 7) is 6.11. The van der Waals surface area contributed by atoms with Gasteiger partial charge in [0.25, 0.3) is 5.56 Å². The van der Waals surface area contributed by atoms with Crippen LogP contribution in [0.15, 0.2) is 17.1 Å². The van der Waals surface area contributed by atoms with E-state index >= 15 is 0 Å². The number of aliphatic hydroxyl groups excluding tert-OH is 1. The van der Waals surface area contributed by atoms with Crippen molar-refractivity contribution in [3.05, 3.63) is 22.6 Å². The third-order valence-electron chi connectivity index (χ3n) is 3.46. The van der Waals surface area contributed by atoms with Gasteiger partial charge in [0.1, 0.15) is 0 Å². The highest BCUT2D eigenvalue weighted by Gasteiger charge is 2.15. The zero-order valence-electron chi connectivity index (χ0n) is 11.0. The molecule has 1 fully saturated rings. The van der Waals surface area contributed by atoms with Crippen LogP contribution in [0.4, 0.5) is 5.69 Å². The lowest BCUT2D eigenvalue weighted by molar-refractivity contribution is 0.101. The van der Waals surface area contributed by atoms with Crippen molar-refractivity contribution >= 4 is 5.69 Å². The Morgan fingerprint density at radius 2 is 2.06 bits per heavy atom. The normalized spacial score (nSPS) is 17.4. The lowest BCUT2D eigenvalue weighted by atomic mass is 10.1. The Morgan fingerprint density at radius 1 is 1.39 bits per heavy atom. The number of hydrogen-bond acceptors (Lipinski definition) is 4. The molecule has 1 atom stereocenters. The second-order valence-electron chi connectivity index (χ2n) is 5.24. The fourth-order valence-corrected chi connectivity index (χ4v) is 2.10. The maximum Gasteiger partial charge on any atom is 0.268 e. The predicted octanol–water partition coefficient (Wildman–Crippen LogP) is 0.860. The molecule has 5 nitrogen and oxygen atoms in total. The van der Waals surface area contributed by atoms with Gasteiger partial charge in [0.2, 0.25) is 0 Å². The van der Waals surface area contributed by atoms with Crippen LogP contribution < -0.4 is 10.5 Å². The van der Waals surface area contributed by atoms with Gasteiger partial charge >= 0.3 is 0 Å². The molecule has 2 heterocycles. The minimum absolute atomic E-state index is 0.122. The topological polar surface area (TPSA) is 58.4 Å². The van der Waals surface area contributed by atoms with Crippen LogP contribution in [0.3, 0.4) is 0 Å². The fourth-order valence-electron chi connectivity index (χ4n) is 2.10. The van der Waals surface area contributed by atoms with Crippen LogP contribution in [-0.4, -0.2) is 34.1 Å². The molecule has 0 spiro atoms. The van der Waals surface area contributed by atoms with Gasteiger partial charge in [-0.25, -0.2) is 4.68 Å². The van der Waals surface area contributed by atoms with E-state index in [-0.39, 0.29) is 18.0 Å². The summed E-state index contributed by atoms with van der Waals surface area (Å²) in [5, 5.41) is 13.9. The van der Waals surface area contributed by atoms with Gasteiger partial charge in [0.15, 0.2) is 0 Å². The molecule has 1 aromatic heterocycles. The summed E-state index contributed by atoms with van der Waals surface area (Å²) in [7, 11) is 0. The molecule has 1 saturated heterocycles. The maximum atomic E-state index is 11.9. The lowest BCUT2D eigenvalue weighted by Gasteiger charge is -2.18. The molecule has 1 N–H and O–H groups in total. The quantitative estimate of drug-likeness (QED) is 0.862. The molecule has 1 aliphatic rings. The van der Waals surface area contributed by atoms with Gasteiger partial charge in [0, 0.05) is 19.2 Å². The van der Waals surface area contributed by atoms with E-state index in [1.807, 2.05) is 13.8 Å². The third-order valence-corrected chi connectivity index (χ3v) is 3.46. The van der Waals surface area contributed by atoms with E-state index in [2.05, 4.69) is 10.00 Å². The molecule has 0 aromatic carbocycles. The highest BCUT2D eigenvalue weighted by Crippen LogP contribution is 2.16. The van der Waals surface area contributed by atoms with Crippen molar-refractivity contribution in [2.24, 2.45) is 5.92 Å². The van der Waals surface area contributed by atoms with Crippen LogP contribution in [0, 0.1) is 5.92 Å². The van der Waals surface area contributed by atoms with Crippen molar-refractivity contribution < 1.29 is 5.11 Å². The summed E-state index contributed by atoms with van der Waals surface area (Å²) in [4.78, 5) is 14.1. The highest BCUT2D eigenvalue weighted by molar-refractivity contribution is 5.43. The average molecular weight is 251 g/mol. The number of rotatable bonds is 4. The van der Waals surface area contributed by atoms with Gasteiger partial charge in [-0.15, -0.1) is 0 Å². The van der Waals surface area contributed by atoms with Gasteiger partial charge in [-0.1, -0.05) is 13.8 Å². The Balaban J connectivity index is 2.12. The smallest absolute Gasteiger partial charge is 0.268 e. The summed E-state index contributed by atoms with van der Waals surface area (Å²) in [6.07, 6.45) is 3.54. The largest absolute Gasteiger partial charge is 0.391 e. The van der Waals surface area contributed by atoms with Crippen LogP contribution in [-0.2, 0) is 6.54 Å². The molecular formula is C13H21N3O2. The molecule has 100 valence electrons. The molecule has 2 rings (SSSR count). The van der Waals surface area contributed by atoms with Crippen molar-refractivity contribution in [3.63, 3.8) is 0 Å². The lowest BCUT2D eigenvalue weighted by Crippen LogP contribution is -2.32. The van der Waals surface area contributed by atoms with E-state index in [0.29, 0.717) is 0 Å². The second kappa shape index (κ2) is 5.52. The molecule has 0 amide bonds. The molecule has 0 saturated carbocycles. The average Bonchev–Trinajstić information content (AvgIpc) is 2.85. The summed E-state index contributed by atoms with van der Waals surface area (Å²) < 4.78 is 1.34. The van der Waals surface area contributed by atoms with E-state index in [1.54, 1.807) is 12.3 Å². The Hall–Kier alpha value is -1.36. The Bertz CT molecular complexity index is 450. The number of hydrogen-bond donors (Lipinski definition) is 1. The molecule has 1 aromatic rings. The first kappa shape index (κ1) is 13.1. The highest BCUT2D eigenvalue weighted by atomic mass is 16.3. The summed E-state index contributed by atoms with van der Waals surface area (Å²) in [5.41, 5.74) is 0.756. The standard InChI is InChI=1S/C13H21N3O2/c1-10(2)12(17)9-16-13(18)7-11(8-14-16)15-5-3-4-6-15/h7-8,10,12,17H,3-6,9H2,1-2H3. The van der Waals surface area contributed by atoms with E-state index in [4.69, 9.17) is 0 Å². The van der Waals surface area contributed by atoms with Crippen LogP contribution in [0.2, 0.25) is 0 Å². The van der Waals surface area contributed by atoms with E-state index in [1.165, 1.54) is 17.5 Å². The minimum atomic E-state index is -0.534. The van der Waals surface area contributed by atoms with Gasteiger partial charge < -0.3 is 10.0 Å². The van der Waals surface area contributed by atoms with E-state index < -0.39 is 6.10 Å². The number of anilines is 1. The minimum Gasteiger partial charge on any atom is -0.391 e. The SMILES string of the molecule is CC(C)C(O)Cn1ncc(N2CCCC2)cc1=O.